The highest BCUT2D eigenvalue weighted by Crippen LogP contribution is 2.11. The Morgan fingerprint density at radius 2 is 1.78 bits per heavy atom. The van der Waals surface area contributed by atoms with Gasteiger partial charge in [-0.3, -0.25) is 4.79 Å². The molecule has 1 aromatic carbocycles. The number of amides is 1. The van der Waals surface area contributed by atoms with Crippen LogP contribution in [0.5, 0.6) is 0 Å². The highest BCUT2D eigenvalue weighted by atomic mass is 19.2. The quantitative estimate of drug-likeness (QED) is 0.619. The molecular weight excluding hydrogens is 304 g/mol. The SMILES string of the molecule is CCOC(CN(CC)C(=O)CCc1ccc(F)c(F)c1)OCC. The number of rotatable bonds is 10. The van der Waals surface area contributed by atoms with Crippen molar-refractivity contribution in [3.8, 4) is 0 Å². The van der Waals surface area contributed by atoms with Gasteiger partial charge in [0.2, 0.25) is 5.91 Å². The number of carbonyl (C=O) groups is 1. The summed E-state index contributed by atoms with van der Waals surface area (Å²) >= 11 is 0. The third kappa shape index (κ3) is 6.62. The largest absolute Gasteiger partial charge is 0.351 e. The summed E-state index contributed by atoms with van der Waals surface area (Å²) in [5.74, 6) is -1.84. The van der Waals surface area contributed by atoms with Crippen molar-refractivity contribution in [1.82, 2.24) is 4.90 Å². The van der Waals surface area contributed by atoms with E-state index < -0.39 is 17.9 Å². The molecule has 0 aromatic heterocycles. The number of hydrogen-bond acceptors (Lipinski definition) is 3. The maximum Gasteiger partial charge on any atom is 0.223 e. The minimum Gasteiger partial charge on any atom is -0.351 e. The van der Waals surface area contributed by atoms with E-state index in [1.165, 1.54) is 6.07 Å². The molecule has 0 heterocycles. The van der Waals surface area contributed by atoms with Gasteiger partial charge in [0.05, 0.1) is 6.54 Å². The van der Waals surface area contributed by atoms with Crippen molar-refractivity contribution in [2.45, 2.75) is 39.9 Å². The smallest absolute Gasteiger partial charge is 0.223 e. The molecule has 23 heavy (non-hydrogen) atoms. The molecule has 0 N–H and O–H groups in total. The summed E-state index contributed by atoms with van der Waals surface area (Å²) < 4.78 is 37.0. The molecule has 0 spiro atoms. The van der Waals surface area contributed by atoms with E-state index in [2.05, 4.69) is 0 Å². The van der Waals surface area contributed by atoms with Crippen LogP contribution in [-0.4, -0.2) is 43.4 Å². The van der Waals surface area contributed by atoms with Crippen molar-refractivity contribution < 1.29 is 23.0 Å². The summed E-state index contributed by atoms with van der Waals surface area (Å²) in [7, 11) is 0. The fourth-order valence-electron chi connectivity index (χ4n) is 2.22. The van der Waals surface area contributed by atoms with Crippen LogP contribution in [0, 0.1) is 11.6 Å². The third-order valence-electron chi connectivity index (χ3n) is 3.42. The molecule has 0 bridgehead atoms. The van der Waals surface area contributed by atoms with Crippen molar-refractivity contribution in [3.63, 3.8) is 0 Å². The van der Waals surface area contributed by atoms with Gasteiger partial charge >= 0.3 is 0 Å². The Morgan fingerprint density at radius 1 is 1.13 bits per heavy atom. The van der Waals surface area contributed by atoms with Gasteiger partial charge in [-0.2, -0.15) is 0 Å². The third-order valence-corrected chi connectivity index (χ3v) is 3.42. The molecule has 0 aliphatic heterocycles. The lowest BCUT2D eigenvalue weighted by Crippen LogP contribution is -2.39. The van der Waals surface area contributed by atoms with E-state index in [1.54, 1.807) is 4.90 Å². The van der Waals surface area contributed by atoms with Crippen LogP contribution < -0.4 is 0 Å². The second-order valence-electron chi connectivity index (χ2n) is 5.02. The summed E-state index contributed by atoms with van der Waals surface area (Å²) in [5.41, 5.74) is 0.597. The maximum absolute atomic E-state index is 13.2. The predicted molar refractivity (Wildman–Crippen MR) is 84.0 cm³/mol. The van der Waals surface area contributed by atoms with Crippen LogP contribution in [0.15, 0.2) is 18.2 Å². The van der Waals surface area contributed by atoms with Crippen molar-refractivity contribution >= 4 is 5.91 Å². The van der Waals surface area contributed by atoms with Crippen LogP contribution in [-0.2, 0) is 20.7 Å². The van der Waals surface area contributed by atoms with Gasteiger partial charge < -0.3 is 14.4 Å². The average molecular weight is 329 g/mol. The number of aryl methyl sites for hydroxylation is 1. The molecule has 0 unspecified atom stereocenters. The first-order chi connectivity index (χ1) is 11.0. The minimum absolute atomic E-state index is 0.0679. The lowest BCUT2D eigenvalue weighted by Gasteiger charge is -2.26. The standard InChI is InChI=1S/C17H25F2NO3/c1-4-20(12-17(22-5-2)23-6-3)16(21)10-8-13-7-9-14(18)15(19)11-13/h7,9,11,17H,4-6,8,10,12H2,1-3H3. The topological polar surface area (TPSA) is 38.8 Å². The summed E-state index contributed by atoms with van der Waals surface area (Å²) in [5, 5.41) is 0. The summed E-state index contributed by atoms with van der Waals surface area (Å²) in [6.07, 6.45) is 0.141. The van der Waals surface area contributed by atoms with Gasteiger partial charge in [-0.15, -0.1) is 0 Å². The maximum atomic E-state index is 13.2. The van der Waals surface area contributed by atoms with Crippen LogP contribution in [0.4, 0.5) is 8.78 Å². The molecule has 0 aliphatic carbocycles. The average Bonchev–Trinajstić information content (AvgIpc) is 2.53. The second kappa shape index (κ2) is 10.3. The lowest BCUT2D eigenvalue weighted by atomic mass is 10.1. The highest BCUT2D eigenvalue weighted by Gasteiger charge is 2.18. The molecule has 6 heteroatoms. The van der Waals surface area contributed by atoms with Gasteiger partial charge in [0.1, 0.15) is 0 Å². The summed E-state index contributed by atoms with van der Waals surface area (Å²) in [4.78, 5) is 13.9. The van der Waals surface area contributed by atoms with Crippen LogP contribution in [0.3, 0.4) is 0 Å². The number of halogens is 2. The van der Waals surface area contributed by atoms with E-state index in [0.29, 0.717) is 38.3 Å². The molecule has 0 atom stereocenters. The van der Waals surface area contributed by atoms with Crippen LogP contribution in [0.25, 0.3) is 0 Å². The molecule has 1 aromatic rings. The number of likely N-dealkylation sites (N-methyl/N-ethyl adjacent to an activating group) is 1. The molecule has 0 radical (unpaired) electrons. The number of nitrogens with zero attached hydrogens (tertiary/aromatic N) is 1. The molecule has 0 saturated heterocycles. The number of carbonyl (C=O) groups excluding carboxylic acids is 1. The Balaban J connectivity index is 2.56. The van der Waals surface area contributed by atoms with Gasteiger partial charge in [-0.1, -0.05) is 6.07 Å². The fraction of sp³-hybridized carbons (Fsp3) is 0.588. The van der Waals surface area contributed by atoms with Crippen LogP contribution in [0.2, 0.25) is 0 Å². The Morgan fingerprint density at radius 3 is 2.30 bits per heavy atom. The van der Waals surface area contributed by atoms with Gasteiger partial charge in [-0.05, 0) is 44.9 Å². The number of ether oxygens (including phenoxy) is 2. The fourth-order valence-corrected chi connectivity index (χ4v) is 2.22. The molecule has 130 valence electrons. The normalized spacial score (nSPS) is 11.0. The lowest BCUT2D eigenvalue weighted by molar-refractivity contribution is -0.158. The molecule has 0 saturated carbocycles. The van der Waals surface area contributed by atoms with E-state index in [0.717, 1.165) is 12.1 Å². The van der Waals surface area contributed by atoms with E-state index in [4.69, 9.17) is 9.47 Å². The van der Waals surface area contributed by atoms with Gasteiger partial charge in [-0.25, -0.2) is 8.78 Å². The first-order valence-electron chi connectivity index (χ1n) is 7.96. The highest BCUT2D eigenvalue weighted by molar-refractivity contribution is 5.76. The zero-order chi connectivity index (χ0) is 17.2. The van der Waals surface area contributed by atoms with E-state index >= 15 is 0 Å². The van der Waals surface area contributed by atoms with Gasteiger partial charge in [0, 0.05) is 26.2 Å². The minimum atomic E-state index is -0.893. The van der Waals surface area contributed by atoms with Crippen molar-refractivity contribution in [2.75, 3.05) is 26.3 Å². The van der Waals surface area contributed by atoms with E-state index in [-0.39, 0.29) is 12.3 Å². The molecule has 1 rings (SSSR count). The predicted octanol–water partition coefficient (Wildman–Crippen LogP) is 3.15. The molecule has 1 amide bonds. The van der Waals surface area contributed by atoms with Crippen LogP contribution in [0.1, 0.15) is 32.8 Å². The molecule has 0 aliphatic rings. The Hall–Kier alpha value is -1.53. The van der Waals surface area contributed by atoms with Crippen molar-refractivity contribution in [3.05, 3.63) is 35.4 Å². The molecular formula is C17H25F2NO3. The summed E-state index contributed by atoms with van der Waals surface area (Å²) in [6, 6.07) is 3.69. The Kier molecular flexibility index (Phi) is 8.73. The van der Waals surface area contributed by atoms with Crippen LogP contribution >= 0.6 is 0 Å². The zero-order valence-corrected chi connectivity index (χ0v) is 14.0. The molecule has 0 fully saturated rings. The van der Waals surface area contributed by atoms with Crippen molar-refractivity contribution in [1.29, 1.82) is 0 Å². The molecule has 4 nitrogen and oxygen atoms in total. The Labute approximate surface area is 136 Å². The summed E-state index contributed by atoms with van der Waals surface area (Å²) in [6.45, 7) is 7.52. The second-order valence-corrected chi connectivity index (χ2v) is 5.02. The monoisotopic (exact) mass is 329 g/mol. The van der Waals surface area contributed by atoms with E-state index in [1.807, 2.05) is 20.8 Å². The number of hydrogen-bond donors (Lipinski definition) is 0. The van der Waals surface area contributed by atoms with Gasteiger partial charge in [0.15, 0.2) is 17.9 Å². The number of benzene rings is 1. The Bertz CT molecular complexity index is 491. The van der Waals surface area contributed by atoms with Gasteiger partial charge in [0.25, 0.3) is 0 Å². The van der Waals surface area contributed by atoms with Crippen molar-refractivity contribution in [2.24, 2.45) is 0 Å². The first-order valence-corrected chi connectivity index (χ1v) is 7.96. The first kappa shape index (κ1) is 19.5. The zero-order valence-electron chi connectivity index (χ0n) is 14.0. The van der Waals surface area contributed by atoms with E-state index in [9.17, 15) is 13.6 Å².